The van der Waals surface area contributed by atoms with E-state index in [1.165, 1.54) is 17.8 Å². The zero-order valence-electron chi connectivity index (χ0n) is 14.4. The van der Waals surface area contributed by atoms with Crippen LogP contribution in [0.3, 0.4) is 0 Å². The summed E-state index contributed by atoms with van der Waals surface area (Å²) in [7, 11) is 0. The number of hydrogen-bond donors (Lipinski definition) is 1. The summed E-state index contributed by atoms with van der Waals surface area (Å²) >= 11 is 0. The SMILES string of the molecule is Cc1c(C(=O)O)oc2c1-c1nn(CC3COCCO3)cc1C(C(F)(F)F)C2. The van der Waals surface area contributed by atoms with Gasteiger partial charge in [-0.3, -0.25) is 4.68 Å². The van der Waals surface area contributed by atoms with Gasteiger partial charge in [-0.15, -0.1) is 0 Å². The van der Waals surface area contributed by atoms with E-state index in [1.807, 2.05) is 0 Å². The van der Waals surface area contributed by atoms with E-state index in [4.69, 9.17) is 13.9 Å². The fourth-order valence-electron chi connectivity index (χ4n) is 3.65. The number of carboxylic acids is 1. The number of alkyl halides is 3. The molecular weight excluding hydrogens is 369 g/mol. The van der Waals surface area contributed by atoms with Crippen LogP contribution in [0, 0.1) is 6.92 Å². The molecule has 0 spiro atoms. The standard InChI is InChI=1S/C17H17F3N2O5/c1-8-13-12(27-15(8)16(23)24)4-11(17(18,19)20)10-6-22(21-14(10)13)5-9-7-25-2-3-26-9/h6,9,11H,2-5,7H2,1H3,(H,23,24). The third kappa shape index (κ3) is 3.12. The van der Waals surface area contributed by atoms with Gasteiger partial charge in [0.2, 0.25) is 5.76 Å². The lowest BCUT2D eigenvalue weighted by molar-refractivity contribution is -0.151. The highest BCUT2D eigenvalue weighted by Gasteiger charge is 2.47. The summed E-state index contributed by atoms with van der Waals surface area (Å²) in [6.45, 7) is 3.00. The zero-order valence-corrected chi connectivity index (χ0v) is 14.4. The second-order valence-electron chi connectivity index (χ2n) is 6.68. The van der Waals surface area contributed by atoms with E-state index >= 15 is 0 Å². The Labute approximate surface area is 151 Å². The Morgan fingerprint density at radius 2 is 2.19 bits per heavy atom. The summed E-state index contributed by atoms with van der Waals surface area (Å²) < 4.78 is 58.3. The third-order valence-electron chi connectivity index (χ3n) is 4.88. The minimum Gasteiger partial charge on any atom is -0.475 e. The highest BCUT2D eigenvalue weighted by Crippen LogP contribution is 2.48. The molecule has 1 saturated heterocycles. The smallest absolute Gasteiger partial charge is 0.396 e. The fourth-order valence-corrected chi connectivity index (χ4v) is 3.65. The molecule has 1 N–H and O–H groups in total. The number of hydrogen-bond acceptors (Lipinski definition) is 5. The number of rotatable bonds is 3. The fraction of sp³-hybridized carbons (Fsp3) is 0.529. The summed E-state index contributed by atoms with van der Waals surface area (Å²) in [5, 5.41) is 13.5. The summed E-state index contributed by atoms with van der Waals surface area (Å²) in [6, 6.07) is 0. The lowest BCUT2D eigenvalue weighted by atomic mass is 9.84. The van der Waals surface area contributed by atoms with Crippen LogP contribution in [0.1, 0.15) is 33.4 Å². The molecule has 4 rings (SSSR count). The number of carbonyl (C=O) groups is 1. The predicted octanol–water partition coefficient (Wildman–Crippen LogP) is 2.77. The summed E-state index contributed by atoms with van der Waals surface area (Å²) in [5.74, 6) is -3.47. The predicted molar refractivity (Wildman–Crippen MR) is 84.7 cm³/mol. The van der Waals surface area contributed by atoms with Crippen molar-refractivity contribution in [2.75, 3.05) is 19.8 Å². The van der Waals surface area contributed by atoms with E-state index in [-0.39, 0.29) is 41.0 Å². The van der Waals surface area contributed by atoms with Gasteiger partial charge in [0.15, 0.2) is 0 Å². The maximum atomic E-state index is 13.6. The molecule has 0 amide bonds. The number of ether oxygens (including phenoxy) is 2. The molecule has 0 radical (unpaired) electrons. The largest absolute Gasteiger partial charge is 0.475 e. The molecule has 0 aromatic carbocycles. The average molecular weight is 386 g/mol. The van der Waals surface area contributed by atoms with Crippen molar-refractivity contribution in [1.82, 2.24) is 9.78 Å². The van der Waals surface area contributed by atoms with E-state index in [1.54, 1.807) is 0 Å². The Morgan fingerprint density at radius 1 is 1.41 bits per heavy atom. The van der Waals surface area contributed by atoms with Crippen LogP contribution in [0.5, 0.6) is 0 Å². The summed E-state index contributed by atoms with van der Waals surface area (Å²) in [4.78, 5) is 11.3. The monoisotopic (exact) mass is 386 g/mol. The molecule has 2 atom stereocenters. The quantitative estimate of drug-likeness (QED) is 0.873. The highest BCUT2D eigenvalue weighted by molar-refractivity contribution is 5.90. The maximum absolute atomic E-state index is 13.6. The van der Waals surface area contributed by atoms with E-state index in [9.17, 15) is 23.1 Å². The lowest BCUT2D eigenvalue weighted by Crippen LogP contribution is -2.32. The van der Waals surface area contributed by atoms with Crippen LogP contribution in [0.4, 0.5) is 13.2 Å². The van der Waals surface area contributed by atoms with E-state index in [0.717, 1.165) is 0 Å². The Morgan fingerprint density at radius 3 is 2.81 bits per heavy atom. The van der Waals surface area contributed by atoms with Crippen molar-refractivity contribution in [2.24, 2.45) is 0 Å². The molecule has 2 aromatic heterocycles. The van der Waals surface area contributed by atoms with Gasteiger partial charge in [0.25, 0.3) is 0 Å². The van der Waals surface area contributed by atoms with Gasteiger partial charge in [-0.25, -0.2) is 4.79 Å². The van der Waals surface area contributed by atoms with Crippen molar-refractivity contribution in [2.45, 2.75) is 38.1 Å². The van der Waals surface area contributed by atoms with Gasteiger partial charge in [0.1, 0.15) is 11.9 Å². The lowest BCUT2D eigenvalue weighted by Gasteiger charge is -2.23. The van der Waals surface area contributed by atoms with Gasteiger partial charge in [-0.1, -0.05) is 0 Å². The van der Waals surface area contributed by atoms with Crippen LogP contribution in [0.2, 0.25) is 0 Å². The van der Waals surface area contributed by atoms with E-state index < -0.39 is 24.5 Å². The molecule has 2 aromatic rings. The summed E-state index contributed by atoms with van der Waals surface area (Å²) in [6.07, 6.45) is -3.89. The topological polar surface area (TPSA) is 86.7 Å². The molecule has 2 unspecified atom stereocenters. The molecule has 7 nitrogen and oxygen atoms in total. The second kappa shape index (κ2) is 6.38. The number of aromatic carboxylic acids is 1. The molecule has 27 heavy (non-hydrogen) atoms. The van der Waals surface area contributed by atoms with Gasteiger partial charge in [-0.2, -0.15) is 18.3 Å². The van der Waals surface area contributed by atoms with Crippen LogP contribution >= 0.6 is 0 Å². The van der Waals surface area contributed by atoms with Crippen LogP contribution < -0.4 is 0 Å². The number of fused-ring (bicyclic) bond motifs is 3. The van der Waals surface area contributed by atoms with Crippen molar-refractivity contribution in [3.8, 4) is 11.3 Å². The van der Waals surface area contributed by atoms with Crippen LogP contribution in [-0.4, -0.2) is 53.0 Å². The first kappa shape index (κ1) is 18.1. The Bertz CT molecular complexity index is 880. The Balaban J connectivity index is 1.78. The van der Waals surface area contributed by atoms with Gasteiger partial charge in [0, 0.05) is 29.3 Å². The van der Waals surface area contributed by atoms with Crippen molar-refractivity contribution in [3.63, 3.8) is 0 Å². The normalized spacial score (nSPS) is 22.4. The molecule has 1 fully saturated rings. The van der Waals surface area contributed by atoms with E-state index in [2.05, 4.69) is 5.10 Å². The molecule has 0 bridgehead atoms. The van der Waals surface area contributed by atoms with Crippen LogP contribution in [-0.2, 0) is 22.4 Å². The van der Waals surface area contributed by atoms with Gasteiger partial charge >= 0.3 is 12.1 Å². The first-order valence-corrected chi connectivity index (χ1v) is 8.45. The van der Waals surface area contributed by atoms with Crippen molar-refractivity contribution in [3.05, 3.63) is 28.8 Å². The molecule has 1 aliphatic heterocycles. The molecular formula is C17H17F3N2O5. The summed E-state index contributed by atoms with van der Waals surface area (Å²) in [5.41, 5.74) is 0.751. The molecule has 3 heterocycles. The highest BCUT2D eigenvalue weighted by atomic mass is 19.4. The second-order valence-corrected chi connectivity index (χ2v) is 6.68. The van der Waals surface area contributed by atoms with Gasteiger partial charge in [0.05, 0.1) is 38.0 Å². The number of halogens is 3. The van der Waals surface area contributed by atoms with Crippen molar-refractivity contribution in [1.29, 1.82) is 0 Å². The minimum absolute atomic E-state index is 0.00206. The van der Waals surface area contributed by atoms with Crippen molar-refractivity contribution < 1.29 is 37.0 Å². The Kier molecular flexibility index (Phi) is 4.26. The van der Waals surface area contributed by atoms with Crippen molar-refractivity contribution >= 4 is 5.97 Å². The molecule has 2 aliphatic rings. The molecule has 0 saturated carbocycles. The number of aromatic nitrogens is 2. The average Bonchev–Trinajstić information content (AvgIpc) is 3.14. The number of furan rings is 1. The maximum Gasteiger partial charge on any atom is 0.396 e. The third-order valence-corrected chi connectivity index (χ3v) is 4.88. The zero-order chi connectivity index (χ0) is 19.3. The van der Waals surface area contributed by atoms with Gasteiger partial charge in [-0.05, 0) is 6.92 Å². The Hall–Kier alpha value is -2.33. The first-order valence-electron chi connectivity index (χ1n) is 8.45. The molecule has 10 heteroatoms. The van der Waals surface area contributed by atoms with Crippen LogP contribution in [0.15, 0.2) is 10.6 Å². The van der Waals surface area contributed by atoms with Crippen LogP contribution in [0.25, 0.3) is 11.3 Å². The van der Waals surface area contributed by atoms with E-state index in [0.29, 0.717) is 25.4 Å². The number of nitrogens with zero attached hydrogens (tertiary/aromatic N) is 2. The van der Waals surface area contributed by atoms with Gasteiger partial charge < -0.3 is 19.0 Å². The minimum atomic E-state index is -4.51. The number of carboxylic acid groups (broad SMARTS) is 1. The first-order chi connectivity index (χ1) is 12.8. The molecule has 146 valence electrons. The molecule has 1 aliphatic carbocycles.